The molecule has 1 fully saturated rings. The molecule has 1 aliphatic rings. The van der Waals surface area contributed by atoms with Crippen LogP contribution in [0, 0.1) is 5.92 Å². The van der Waals surface area contributed by atoms with E-state index < -0.39 is 29.9 Å². The van der Waals surface area contributed by atoms with Crippen molar-refractivity contribution in [2.24, 2.45) is 11.7 Å². The number of aromatic amines is 1. The molecule has 0 bridgehead atoms. The second-order valence-electron chi connectivity index (χ2n) is 17.0. The second kappa shape index (κ2) is 35.9. The highest BCUT2D eigenvalue weighted by Crippen LogP contribution is 2.26. The van der Waals surface area contributed by atoms with Crippen LogP contribution in [-0.4, -0.2) is 148 Å². The molecule has 4 atom stereocenters. The first kappa shape index (κ1) is 57.9. The van der Waals surface area contributed by atoms with Gasteiger partial charge in [-0.15, -0.1) is 11.8 Å². The lowest BCUT2D eigenvalue weighted by atomic mass is 9.94. The third-order valence-corrected chi connectivity index (χ3v) is 12.6. The van der Waals surface area contributed by atoms with Gasteiger partial charge in [-0.2, -0.15) is 0 Å². The minimum Gasteiger partial charge on any atom is -0.481 e. The van der Waals surface area contributed by atoms with Gasteiger partial charge in [0, 0.05) is 69.5 Å². The summed E-state index contributed by atoms with van der Waals surface area (Å²) in [4.78, 5) is 105. The van der Waals surface area contributed by atoms with Crippen LogP contribution in [0.4, 0.5) is 0 Å². The molecule has 4 amide bonds. The van der Waals surface area contributed by atoms with Crippen LogP contribution in [0.15, 0.2) is 12.5 Å². The monoisotopic (exact) mass is 952 g/mol. The smallest absolute Gasteiger partial charge is 0.320 e. The zero-order chi connectivity index (χ0) is 48.4. The summed E-state index contributed by atoms with van der Waals surface area (Å²) in [5.74, 6) is -3.27. The molecule has 0 spiro atoms. The van der Waals surface area contributed by atoms with Crippen molar-refractivity contribution in [3.05, 3.63) is 18.2 Å². The van der Waals surface area contributed by atoms with Gasteiger partial charge in [-0.1, -0.05) is 77.6 Å². The lowest BCUT2D eigenvalue weighted by molar-refractivity contribution is -0.140. The van der Waals surface area contributed by atoms with Gasteiger partial charge in [0.15, 0.2) is 5.78 Å². The van der Waals surface area contributed by atoms with E-state index in [4.69, 9.17) is 20.3 Å². The van der Waals surface area contributed by atoms with E-state index in [9.17, 15) is 43.5 Å². The standard InChI is InChI=1S/C46H77N7O12S/c1-34(27-38(54)36(47)28-35-30-48-33-52-35)39(55)31-51-37(46(62)63)17-14-15-20-49-42(57)32-65-25-24-64-23-21-50-41(56)19-22-53-43(58)29-40(45(53)61)66-26-16-12-10-8-6-4-2-3-5-7-9-11-13-18-44(59)60/h30,33-34,36-37,40,51H,2-29,31-32,47H2,1H3,(H,48,52)(H,49,57)(H,50,56)(H,59,60)(H,62,63)/t34-,36-,37-,40?/m0/s1. The maximum atomic E-state index is 12.8. The van der Waals surface area contributed by atoms with E-state index in [1.807, 2.05) is 0 Å². The van der Waals surface area contributed by atoms with Gasteiger partial charge in [0.2, 0.25) is 23.6 Å². The minimum atomic E-state index is -1.10. The van der Waals surface area contributed by atoms with Crippen LogP contribution >= 0.6 is 11.8 Å². The average Bonchev–Trinajstić information content (AvgIpc) is 3.89. The molecule has 2 rings (SSSR count). The molecule has 374 valence electrons. The number of rotatable bonds is 43. The van der Waals surface area contributed by atoms with Gasteiger partial charge in [0.05, 0.1) is 44.0 Å². The highest BCUT2D eigenvalue weighted by Gasteiger charge is 2.38. The zero-order valence-corrected chi connectivity index (χ0v) is 39.9. The first-order chi connectivity index (χ1) is 31.8. The summed E-state index contributed by atoms with van der Waals surface area (Å²) in [7, 11) is 0. The van der Waals surface area contributed by atoms with E-state index in [-0.39, 0.29) is 125 Å². The molecule has 1 saturated heterocycles. The third kappa shape index (κ3) is 27.4. The van der Waals surface area contributed by atoms with Crippen LogP contribution in [0.1, 0.15) is 141 Å². The molecular weight excluding hydrogens is 875 g/mol. The molecule has 2 heterocycles. The minimum absolute atomic E-state index is 0.00842. The Bertz CT molecular complexity index is 1600. The number of aliphatic carboxylic acids is 2. The summed E-state index contributed by atoms with van der Waals surface area (Å²) in [5, 5.41) is 26.1. The van der Waals surface area contributed by atoms with E-state index >= 15 is 0 Å². The van der Waals surface area contributed by atoms with Crippen molar-refractivity contribution in [1.82, 2.24) is 30.8 Å². The van der Waals surface area contributed by atoms with Gasteiger partial charge in [-0.25, -0.2) is 4.98 Å². The van der Waals surface area contributed by atoms with Crippen LogP contribution in [0.5, 0.6) is 0 Å². The molecule has 0 aliphatic carbocycles. The third-order valence-electron chi connectivity index (χ3n) is 11.3. The lowest BCUT2D eigenvalue weighted by Crippen LogP contribution is -2.42. The normalized spacial score (nSPS) is 15.1. The van der Waals surface area contributed by atoms with Crippen molar-refractivity contribution in [3.8, 4) is 0 Å². The fourth-order valence-corrected chi connectivity index (χ4v) is 8.48. The molecule has 66 heavy (non-hydrogen) atoms. The van der Waals surface area contributed by atoms with E-state index in [1.54, 1.807) is 13.1 Å². The van der Waals surface area contributed by atoms with Crippen LogP contribution in [0.3, 0.4) is 0 Å². The number of amides is 4. The molecule has 8 N–H and O–H groups in total. The Kier molecular flexibility index (Phi) is 31.5. The summed E-state index contributed by atoms with van der Waals surface area (Å²) in [6, 6.07) is -1.75. The summed E-state index contributed by atoms with van der Waals surface area (Å²) in [5.41, 5.74) is 6.68. The molecule has 19 nitrogen and oxygen atoms in total. The van der Waals surface area contributed by atoms with Crippen LogP contribution in [-0.2, 0) is 54.3 Å². The molecule has 0 radical (unpaired) electrons. The summed E-state index contributed by atoms with van der Waals surface area (Å²) < 4.78 is 10.8. The molecule has 0 saturated carbocycles. The Balaban J connectivity index is 1.40. The number of hydrogen-bond donors (Lipinski definition) is 7. The number of carboxylic acids is 2. The van der Waals surface area contributed by atoms with Gasteiger partial charge < -0.3 is 41.0 Å². The van der Waals surface area contributed by atoms with Crippen molar-refractivity contribution < 1.29 is 58.0 Å². The molecule has 20 heteroatoms. The number of imidazole rings is 1. The van der Waals surface area contributed by atoms with Crippen LogP contribution in [0.25, 0.3) is 0 Å². The molecule has 1 aliphatic heterocycles. The SMILES string of the molecule is C[C@@H](CC(=O)[C@@H](N)Cc1cnc[nH]1)C(=O)CN[C@@H](CCCCNC(=O)COCCOCCNC(=O)CCN1C(=O)CC(SCCCCCCCCCCCCCCCC(=O)O)C1=O)C(=O)O. The Morgan fingerprint density at radius 1 is 0.818 bits per heavy atom. The maximum Gasteiger partial charge on any atom is 0.320 e. The van der Waals surface area contributed by atoms with Crippen LogP contribution < -0.4 is 21.7 Å². The van der Waals surface area contributed by atoms with Crippen molar-refractivity contribution in [1.29, 1.82) is 0 Å². The van der Waals surface area contributed by atoms with Gasteiger partial charge in [-0.3, -0.25) is 48.6 Å². The van der Waals surface area contributed by atoms with Gasteiger partial charge in [0.25, 0.3) is 0 Å². The Morgan fingerprint density at radius 3 is 2.09 bits per heavy atom. The molecule has 1 aromatic rings. The fraction of sp³-hybridized carbons (Fsp3) is 0.761. The number of nitrogens with one attached hydrogen (secondary N) is 4. The van der Waals surface area contributed by atoms with Crippen molar-refractivity contribution in [2.45, 2.75) is 159 Å². The molecule has 0 aromatic carbocycles. The number of imide groups is 1. The Labute approximate surface area is 394 Å². The maximum absolute atomic E-state index is 12.8. The number of unbranched alkanes of at least 4 members (excludes halogenated alkanes) is 13. The van der Waals surface area contributed by atoms with E-state index in [2.05, 4.69) is 25.9 Å². The highest BCUT2D eigenvalue weighted by molar-refractivity contribution is 8.00. The van der Waals surface area contributed by atoms with E-state index in [0.29, 0.717) is 25.1 Å². The van der Waals surface area contributed by atoms with Crippen molar-refractivity contribution in [2.75, 3.05) is 58.4 Å². The number of thioether (sulfide) groups is 1. The number of nitrogens with zero attached hydrogens (tertiary/aromatic N) is 2. The van der Waals surface area contributed by atoms with E-state index in [1.165, 1.54) is 67.9 Å². The van der Waals surface area contributed by atoms with Gasteiger partial charge in [0.1, 0.15) is 18.4 Å². The second-order valence-corrected chi connectivity index (χ2v) is 18.3. The fourth-order valence-electron chi connectivity index (χ4n) is 7.29. The number of nitrogens with two attached hydrogens (primary N) is 1. The Morgan fingerprint density at radius 2 is 1.45 bits per heavy atom. The number of ether oxygens (including phenoxy) is 2. The van der Waals surface area contributed by atoms with Gasteiger partial charge >= 0.3 is 11.9 Å². The van der Waals surface area contributed by atoms with Crippen LogP contribution in [0.2, 0.25) is 0 Å². The number of H-pyrrole nitrogens is 1. The van der Waals surface area contributed by atoms with E-state index in [0.717, 1.165) is 44.3 Å². The predicted molar refractivity (Wildman–Crippen MR) is 249 cm³/mol. The van der Waals surface area contributed by atoms with Gasteiger partial charge in [-0.05, 0) is 37.9 Å². The summed E-state index contributed by atoms with van der Waals surface area (Å²) in [6.45, 7) is 2.37. The number of likely N-dealkylation sites (tertiary alicyclic amines) is 1. The quantitative estimate of drug-likeness (QED) is 0.0363. The number of carbonyl (C=O) groups is 8. The number of carbonyl (C=O) groups excluding carboxylic acids is 6. The average molecular weight is 952 g/mol. The molecule has 1 aromatic heterocycles. The first-order valence-corrected chi connectivity index (χ1v) is 24.9. The number of hydrogen-bond acceptors (Lipinski definition) is 14. The first-order valence-electron chi connectivity index (χ1n) is 23.9. The zero-order valence-electron chi connectivity index (χ0n) is 39.0. The highest BCUT2D eigenvalue weighted by atomic mass is 32.2. The van der Waals surface area contributed by atoms with Crippen molar-refractivity contribution >= 4 is 58.9 Å². The summed E-state index contributed by atoms with van der Waals surface area (Å²) >= 11 is 1.53. The number of carboxylic acid groups (broad SMARTS) is 2. The van der Waals surface area contributed by atoms with Crippen molar-refractivity contribution in [3.63, 3.8) is 0 Å². The topological polar surface area (TPSA) is 290 Å². The molecular formula is C46H77N7O12S. The number of aromatic nitrogens is 2. The molecule has 1 unspecified atom stereocenters. The largest absolute Gasteiger partial charge is 0.481 e. The number of Topliss-reactive ketones (excluding diaryl/α,β-unsaturated/α-hetero) is 2. The summed E-state index contributed by atoms with van der Waals surface area (Å²) in [6.07, 6.45) is 19.7. The number of ketones is 2. The Hall–Kier alpha value is -4.24. The predicted octanol–water partition coefficient (Wildman–Crippen LogP) is 3.72. The lowest BCUT2D eigenvalue weighted by Gasteiger charge is -2.17.